The molecular formula is C19H17FN2OS. The van der Waals surface area contributed by atoms with Crippen LogP contribution in [0.4, 0.5) is 4.39 Å². The van der Waals surface area contributed by atoms with Crippen molar-refractivity contribution in [3.8, 4) is 5.75 Å². The zero-order valence-electron chi connectivity index (χ0n) is 13.2. The Labute approximate surface area is 145 Å². The molecule has 122 valence electrons. The van der Waals surface area contributed by atoms with Gasteiger partial charge in [0.1, 0.15) is 11.6 Å². The van der Waals surface area contributed by atoms with Crippen molar-refractivity contribution in [2.75, 3.05) is 7.11 Å². The molecule has 1 heterocycles. The van der Waals surface area contributed by atoms with Crippen LogP contribution in [-0.4, -0.2) is 12.2 Å². The maximum atomic E-state index is 13.7. The van der Waals surface area contributed by atoms with E-state index in [2.05, 4.69) is 22.8 Å². The van der Waals surface area contributed by atoms with Crippen molar-refractivity contribution in [1.82, 2.24) is 10.6 Å². The number of halogens is 1. The number of hydrogen-bond acceptors (Lipinski definition) is 2. The molecule has 0 fully saturated rings. The molecule has 1 unspecified atom stereocenters. The van der Waals surface area contributed by atoms with Crippen molar-refractivity contribution in [2.45, 2.75) is 18.9 Å². The van der Waals surface area contributed by atoms with Crippen LogP contribution < -0.4 is 15.4 Å². The highest BCUT2D eigenvalue weighted by Crippen LogP contribution is 2.39. The Morgan fingerprint density at radius 1 is 1.17 bits per heavy atom. The molecule has 4 rings (SSSR count). The number of rotatable bonds is 2. The summed E-state index contributed by atoms with van der Waals surface area (Å²) in [6.07, 6.45) is 1.81. The second-order valence-corrected chi connectivity index (χ2v) is 6.42. The second kappa shape index (κ2) is 5.91. The third-order valence-electron chi connectivity index (χ3n) is 4.61. The monoisotopic (exact) mass is 340 g/mol. The van der Waals surface area contributed by atoms with Gasteiger partial charge < -0.3 is 15.4 Å². The van der Waals surface area contributed by atoms with Crippen LogP contribution in [-0.2, 0) is 6.42 Å². The molecule has 0 saturated carbocycles. The van der Waals surface area contributed by atoms with E-state index in [0.29, 0.717) is 5.11 Å². The molecule has 1 atom stereocenters. The highest BCUT2D eigenvalue weighted by atomic mass is 32.1. The van der Waals surface area contributed by atoms with Crippen LogP contribution >= 0.6 is 12.2 Å². The smallest absolute Gasteiger partial charge is 0.171 e. The van der Waals surface area contributed by atoms with Gasteiger partial charge in [-0.05, 0) is 72.1 Å². The van der Waals surface area contributed by atoms with Gasteiger partial charge in [0.05, 0.1) is 13.2 Å². The van der Waals surface area contributed by atoms with Crippen LogP contribution in [0.15, 0.2) is 48.0 Å². The van der Waals surface area contributed by atoms with E-state index < -0.39 is 0 Å². The number of hydrogen-bond donors (Lipinski definition) is 2. The third-order valence-corrected chi connectivity index (χ3v) is 4.83. The number of ether oxygens (including phenoxy) is 1. The van der Waals surface area contributed by atoms with Gasteiger partial charge in [-0.3, -0.25) is 0 Å². The summed E-state index contributed by atoms with van der Waals surface area (Å²) in [5.41, 5.74) is 5.53. The SMILES string of the molecule is COc1ccc2c(c1)CCC1=C2NC(=S)NC1c1cccc(F)c1. The molecule has 1 aliphatic heterocycles. The molecule has 24 heavy (non-hydrogen) atoms. The Morgan fingerprint density at radius 2 is 2.04 bits per heavy atom. The molecule has 0 radical (unpaired) electrons. The summed E-state index contributed by atoms with van der Waals surface area (Å²) in [4.78, 5) is 0. The number of benzene rings is 2. The highest BCUT2D eigenvalue weighted by molar-refractivity contribution is 7.80. The molecule has 1 aliphatic carbocycles. The predicted molar refractivity (Wildman–Crippen MR) is 96.2 cm³/mol. The number of methoxy groups -OCH3 is 1. The lowest BCUT2D eigenvalue weighted by Gasteiger charge is -2.35. The first-order valence-electron chi connectivity index (χ1n) is 7.89. The minimum Gasteiger partial charge on any atom is -0.497 e. The Balaban J connectivity index is 1.83. The van der Waals surface area contributed by atoms with Gasteiger partial charge >= 0.3 is 0 Å². The first-order valence-corrected chi connectivity index (χ1v) is 8.30. The van der Waals surface area contributed by atoms with E-state index in [1.54, 1.807) is 19.2 Å². The average Bonchev–Trinajstić information content (AvgIpc) is 2.60. The number of nitrogens with one attached hydrogen (secondary N) is 2. The van der Waals surface area contributed by atoms with E-state index in [1.165, 1.54) is 17.2 Å². The van der Waals surface area contributed by atoms with Crippen LogP contribution in [0.2, 0.25) is 0 Å². The van der Waals surface area contributed by atoms with Gasteiger partial charge in [-0.25, -0.2) is 4.39 Å². The quantitative estimate of drug-likeness (QED) is 0.817. The summed E-state index contributed by atoms with van der Waals surface area (Å²) in [6, 6.07) is 12.7. The molecule has 0 bridgehead atoms. The molecule has 2 N–H and O–H groups in total. The summed E-state index contributed by atoms with van der Waals surface area (Å²) in [5.74, 6) is 0.623. The van der Waals surface area contributed by atoms with E-state index >= 15 is 0 Å². The minimum absolute atomic E-state index is 0.0975. The summed E-state index contributed by atoms with van der Waals surface area (Å²) >= 11 is 5.39. The standard InChI is InChI=1S/C19H17FN2OS/c1-23-14-6-8-15-11(10-14)5-7-16-17(21-19(24)22-18(15)16)12-3-2-4-13(20)9-12/h2-4,6,8-10,17H,5,7H2,1H3,(H2,21,22,24). The number of thiocarbonyl (C=S) groups is 1. The van der Waals surface area contributed by atoms with Gasteiger partial charge in [-0.2, -0.15) is 0 Å². The molecule has 3 nitrogen and oxygen atoms in total. The molecule has 5 heteroatoms. The fourth-order valence-electron chi connectivity index (χ4n) is 3.49. The van der Waals surface area contributed by atoms with Crippen LogP contribution in [0.25, 0.3) is 5.70 Å². The maximum absolute atomic E-state index is 13.7. The first-order chi connectivity index (χ1) is 11.7. The fraction of sp³-hybridized carbons (Fsp3) is 0.211. The lowest BCUT2D eigenvalue weighted by atomic mass is 9.83. The van der Waals surface area contributed by atoms with Gasteiger partial charge in [-0.15, -0.1) is 0 Å². The lowest BCUT2D eigenvalue weighted by Crippen LogP contribution is -2.44. The Bertz CT molecular complexity index is 862. The first kappa shape index (κ1) is 15.1. The number of fused-ring (bicyclic) bond motifs is 2. The highest BCUT2D eigenvalue weighted by Gasteiger charge is 2.31. The molecule has 0 saturated heterocycles. The van der Waals surface area contributed by atoms with E-state index in [-0.39, 0.29) is 11.9 Å². The fourth-order valence-corrected chi connectivity index (χ4v) is 3.71. The summed E-state index contributed by atoms with van der Waals surface area (Å²) in [5, 5.41) is 7.14. The van der Waals surface area contributed by atoms with Crippen molar-refractivity contribution in [1.29, 1.82) is 0 Å². The lowest BCUT2D eigenvalue weighted by molar-refractivity contribution is 0.414. The van der Waals surface area contributed by atoms with E-state index in [0.717, 1.165) is 35.4 Å². The van der Waals surface area contributed by atoms with Crippen molar-refractivity contribution in [3.05, 3.63) is 70.5 Å². The normalized spacial score (nSPS) is 19.1. The zero-order chi connectivity index (χ0) is 16.7. The molecule has 2 aromatic rings. The van der Waals surface area contributed by atoms with Crippen LogP contribution in [0, 0.1) is 5.82 Å². The van der Waals surface area contributed by atoms with Gasteiger partial charge in [0.15, 0.2) is 5.11 Å². The molecule has 2 aliphatic rings. The van der Waals surface area contributed by atoms with Crippen LogP contribution in [0.1, 0.15) is 29.2 Å². The molecule has 0 aromatic heterocycles. The summed E-state index contributed by atoms with van der Waals surface area (Å²) in [6.45, 7) is 0. The summed E-state index contributed by atoms with van der Waals surface area (Å²) in [7, 11) is 1.67. The zero-order valence-corrected chi connectivity index (χ0v) is 14.0. The van der Waals surface area contributed by atoms with Gasteiger partial charge in [0, 0.05) is 11.3 Å². The Hall–Kier alpha value is -2.40. The minimum atomic E-state index is -0.234. The number of aryl methyl sites for hydroxylation is 1. The van der Waals surface area contributed by atoms with E-state index in [9.17, 15) is 4.39 Å². The third kappa shape index (κ3) is 2.55. The molecular weight excluding hydrogens is 323 g/mol. The van der Waals surface area contributed by atoms with Crippen molar-refractivity contribution >= 4 is 23.0 Å². The molecule has 0 amide bonds. The van der Waals surface area contributed by atoms with E-state index in [1.807, 2.05) is 12.1 Å². The Morgan fingerprint density at radius 3 is 2.83 bits per heavy atom. The van der Waals surface area contributed by atoms with Crippen LogP contribution in [0.3, 0.4) is 0 Å². The summed E-state index contributed by atoms with van der Waals surface area (Å²) < 4.78 is 19.0. The second-order valence-electron chi connectivity index (χ2n) is 6.01. The average molecular weight is 340 g/mol. The topological polar surface area (TPSA) is 33.3 Å². The van der Waals surface area contributed by atoms with E-state index in [4.69, 9.17) is 17.0 Å². The van der Waals surface area contributed by atoms with Gasteiger partial charge in [-0.1, -0.05) is 12.1 Å². The van der Waals surface area contributed by atoms with Gasteiger partial charge in [0.25, 0.3) is 0 Å². The van der Waals surface area contributed by atoms with Crippen LogP contribution in [0.5, 0.6) is 5.75 Å². The van der Waals surface area contributed by atoms with Crippen molar-refractivity contribution < 1.29 is 9.13 Å². The predicted octanol–water partition coefficient (Wildman–Crippen LogP) is 3.71. The molecule has 0 spiro atoms. The van der Waals surface area contributed by atoms with Crippen molar-refractivity contribution in [2.24, 2.45) is 0 Å². The molecule has 2 aromatic carbocycles. The largest absolute Gasteiger partial charge is 0.497 e. The van der Waals surface area contributed by atoms with Crippen molar-refractivity contribution in [3.63, 3.8) is 0 Å². The van der Waals surface area contributed by atoms with Gasteiger partial charge in [0.2, 0.25) is 0 Å². The Kier molecular flexibility index (Phi) is 3.73. The maximum Gasteiger partial charge on any atom is 0.171 e.